The van der Waals surface area contributed by atoms with Crippen LogP contribution >= 0.6 is 0 Å². The average molecular weight is 330 g/mol. The summed E-state index contributed by atoms with van der Waals surface area (Å²) in [6.45, 7) is 3.97. The van der Waals surface area contributed by atoms with Crippen LogP contribution in [0.2, 0.25) is 0 Å². The Labute approximate surface area is 137 Å². The molecule has 1 aliphatic heterocycles. The Hall–Kier alpha value is -2.57. The Morgan fingerprint density at radius 2 is 1.79 bits per heavy atom. The van der Waals surface area contributed by atoms with Crippen molar-refractivity contribution >= 4 is 16.9 Å². The lowest BCUT2D eigenvalue weighted by Gasteiger charge is -2.31. The zero-order chi connectivity index (χ0) is 16.7. The van der Waals surface area contributed by atoms with Crippen molar-refractivity contribution in [3.63, 3.8) is 0 Å². The highest BCUT2D eigenvalue weighted by atomic mass is 19.1. The third kappa shape index (κ3) is 2.60. The zero-order valence-corrected chi connectivity index (χ0v) is 13.2. The van der Waals surface area contributed by atoms with Gasteiger partial charge in [0.2, 0.25) is 0 Å². The van der Waals surface area contributed by atoms with Crippen LogP contribution in [0.4, 0.5) is 14.6 Å². The molecule has 24 heavy (non-hydrogen) atoms. The predicted octanol–water partition coefficient (Wildman–Crippen LogP) is 3.80. The zero-order valence-electron chi connectivity index (χ0n) is 13.2. The second-order valence-corrected chi connectivity index (χ2v) is 6.24. The highest BCUT2D eigenvalue weighted by molar-refractivity contribution is 5.97. The van der Waals surface area contributed by atoms with E-state index in [1.807, 2.05) is 0 Å². The molecule has 0 bridgehead atoms. The molecule has 1 aromatic carbocycles. The summed E-state index contributed by atoms with van der Waals surface area (Å²) in [7, 11) is 0. The van der Waals surface area contributed by atoms with Gasteiger partial charge in [-0.15, -0.1) is 0 Å². The Kier molecular flexibility index (Phi) is 3.63. The molecule has 1 saturated heterocycles. The highest BCUT2D eigenvalue weighted by Crippen LogP contribution is 2.35. The quantitative estimate of drug-likeness (QED) is 0.715. The molecular formula is C17H16F2N4O. The topological polar surface area (TPSA) is 55.1 Å². The van der Waals surface area contributed by atoms with Crippen molar-refractivity contribution in [3.8, 4) is 11.3 Å². The van der Waals surface area contributed by atoms with Crippen LogP contribution in [0.25, 0.3) is 22.4 Å². The monoisotopic (exact) mass is 330 g/mol. The minimum Gasteiger partial charge on any atom is -0.356 e. The molecule has 0 atom stereocenters. The number of anilines is 1. The van der Waals surface area contributed by atoms with E-state index >= 15 is 0 Å². The summed E-state index contributed by atoms with van der Waals surface area (Å²) >= 11 is 0. The van der Waals surface area contributed by atoms with E-state index in [-0.39, 0.29) is 0 Å². The molecule has 4 rings (SSSR count). The summed E-state index contributed by atoms with van der Waals surface area (Å²) in [6.07, 6.45) is 3.57. The Balaban J connectivity index is 1.85. The van der Waals surface area contributed by atoms with Gasteiger partial charge in [0.1, 0.15) is 34.9 Å². The summed E-state index contributed by atoms with van der Waals surface area (Å²) in [4.78, 5) is 10.6. The Morgan fingerprint density at radius 1 is 1.08 bits per heavy atom. The molecule has 0 unspecified atom stereocenters. The van der Waals surface area contributed by atoms with E-state index in [1.54, 1.807) is 0 Å². The molecule has 0 saturated carbocycles. The first kappa shape index (κ1) is 15.0. The fourth-order valence-electron chi connectivity index (χ4n) is 3.12. The van der Waals surface area contributed by atoms with Crippen molar-refractivity contribution in [2.75, 3.05) is 18.0 Å². The number of fused-ring (bicyclic) bond motifs is 1. The number of benzene rings is 1. The third-order valence-corrected chi connectivity index (χ3v) is 4.47. The van der Waals surface area contributed by atoms with Crippen molar-refractivity contribution in [1.82, 2.24) is 15.1 Å². The Bertz CT molecular complexity index is 867. The van der Waals surface area contributed by atoms with Gasteiger partial charge in [-0.1, -0.05) is 12.1 Å². The largest absolute Gasteiger partial charge is 0.356 e. The van der Waals surface area contributed by atoms with Crippen LogP contribution in [0.1, 0.15) is 19.8 Å². The molecular weight excluding hydrogens is 314 g/mol. The molecule has 0 N–H and O–H groups in total. The van der Waals surface area contributed by atoms with Gasteiger partial charge in [0.15, 0.2) is 0 Å². The highest BCUT2D eigenvalue weighted by Gasteiger charge is 2.24. The molecule has 0 amide bonds. The van der Waals surface area contributed by atoms with Crippen LogP contribution in [0.5, 0.6) is 0 Å². The number of hydrogen-bond donors (Lipinski definition) is 0. The number of nitrogens with zero attached hydrogens (tertiary/aromatic N) is 4. The first-order valence-electron chi connectivity index (χ1n) is 7.93. The van der Waals surface area contributed by atoms with E-state index in [9.17, 15) is 8.78 Å². The van der Waals surface area contributed by atoms with Crippen molar-refractivity contribution in [1.29, 1.82) is 0 Å². The van der Waals surface area contributed by atoms with Gasteiger partial charge in [-0.3, -0.25) is 0 Å². The van der Waals surface area contributed by atoms with Gasteiger partial charge in [0, 0.05) is 24.7 Å². The lowest BCUT2D eigenvalue weighted by Crippen LogP contribution is -2.33. The smallest absolute Gasteiger partial charge is 0.263 e. The molecule has 3 aromatic rings. The van der Waals surface area contributed by atoms with E-state index < -0.39 is 11.6 Å². The predicted molar refractivity (Wildman–Crippen MR) is 85.6 cm³/mol. The number of rotatable bonds is 2. The van der Waals surface area contributed by atoms with E-state index in [0.717, 1.165) is 32.0 Å². The van der Waals surface area contributed by atoms with Gasteiger partial charge in [-0.05, 0) is 30.9 Å². The summed E-state index contributed by atoms with van der Waals surface area (Å²) in [5.74, 6) is 0.0587. The first-order chi connectivity index (χ1) is 11.6. The third-order valence-electron chi connectivity index (χ3n) is 4.47. The van der Waals surface area contributed by atoms with Gasteiger partial charge in [0.05, 0.1) is 0 Å². The van der Waals surface area contributed by atoms with Gasteiger partial charge in [0.25, 0.3) is 5.71 Å². The summed E-state index contributed by atoms with van der Waals surface area (Å²) in [6, 6.07) is 3.29. The van der Waals surface area contributed by atoms with E-state index in [4.69, 9.17) is 4.52 Å². The molecule has 1 fully saturated rings. The lowest BCUT2D eigenvalue weighted by molar-refractivity contribution is 0.436. The Morgan fingerprint density at radius 3 is 2.50 bits per heavy atom. The minimum atomic E-state index is -0.661. The van der Waals surface area contributed by atoms with Crippen molar-refractivity contribution in [2.24, 2.45) is 5.92 Å². The number of halogens is 2. The maximum atomic E-state index is 13.6. The molecule has 124 valence electrons. The van der Waals surface area contributed by atoms with Crippen molar-refractivity contribution in [2.45, 2.75) is 19.8 Å². The summed E-state index contributed by atoms with van der Waals surface area (Å²) in [5, 5.41) is 4.58. The molecule has 3 heterocycles. The van der Waals surface area contributed by atoms with Crippen molar-refractivity contribution < 1.29 is 13.3 Å². The molecule has 0 radical (unpaired) electrons. The normalized spacial score (nSPS) is 16.0. The fourth-order valence-corrected chi connectivity index (χ4v) is 3.12. The van der Waals surface area contributed by atoms with Crippen LogP contribution in [0.15, 0.2) is 29.0 Å². The fraction of sp³-hybridized carbons (Fsp3) is 0.353. The van der Waals surface area contributed by atoms with Crippen LogP contribution in [0, 0.1) is 17.6 Å². The molecule has 0 aliphatic carbocycles. The van der Waals surface area contributed by atoms with Gasteiger partial charge < -0.3 is 9.42 Å². The van der Waals surface area contributed by atoms with E-state index in [1.165, 1.54) is 18.5 Å². The van der Waals surface area contributed by atoms with E-state index in [0.29, 0.717) is 34.1 Å². The van der Waals surface area contributed by atoms with Gasteiger partial charge in [-0.2, -0.15) is 4.98 Å². The van der Waals surface area contributed by atoms with Gasteiger partial charge in [-0.25, -0.2) is 13.8 Å². The van der Waals surface area contributed by atoms with Crippen LogP contribution < -0.4 is 4.90 Å². The van der Waals surface area contributed by atoms with E-state index in [2.05, 4.69) is 26.9 Å². The molecule has 0 spiro atoms. The summed E-state index contributed by atoms with van der Waals surface area (Å²) in [5.41, 5.74) is 0.989. The molecule has 2 aromatic heterocycles. The maximum absolute atomic E-state index is 13.6. The molecule has 7 heteroatoms. The van der Waals surface area contributed by atoms with Crippen LogP contribution in [-0.2, 0) is 0 Å². The average Bonchev–Trinajstić information content (AvgIpc) is 2.99. The number of hydrogen-bond acceptors (Lipinski definition) is 5. The number of piperidine rings is 1. The summed E-state index contributed by atoms with van der Waals surface area (Å²) < 4.78 is 32.4. The van der Waals surface area contributed by atoms with Crippen molar-refractivity contribution in [3.05, 3.63) is 36.2 Å². The second kappa shape index (κ2) is 5.81. The molecule has 5 nitrogen and oxygen atoms in total. The minimum absolute atomic E-state index is 0.313. The maximum Gasteiger partial charge on any atom is 0.263 e. The standard InChI is InChI=1S/C17H16F2N4O/c1-10-2-4-23(5-3-10)16-14-15(22-24-17(14)21-9-20-16)11-6-12(18)8-13(19)7-11/h6-10H,2-5H2,1H3. The van der Waals surface area contributed by atoms with Gasteiger partial charge >= 0.3 is 0 Å². The SMILES string of the molecule is CC1CCN(c2ncnc3onc(-c4cc(F)cc(F)c4)c23)CC1. The number of aromatic nitrogens is 3. The molecule has 1 aliphatic rings. The van der Waals surface area contributed by atoms with Crippen LogP contribution in [0.3, 0.4) is 0 Å². The van der Waals surface area contributed by atoms with Crippen LogP contribution in [-0.4, -0.2) is 28.2 Å². The lowest BCUT2D eigenvalue weighted by atomic mass is 9.99. The first-order valence-corrected chi connectivity index (χ1v) is 7.93. The second-order valence-electron chi connectivity index (χ2n) is 6.24.